The molecular formula is C15H18N2OS. The molecule has 0 aromatic carbocycles. The molecule has 0 aliphatic heterocycles. The second-order valence-electron chi connectivity index (χ2n) is 5.09. The van der Waals surface area contributed by atoms with Gasteiger partial charge in [-0.2, -0.15) is 0 Å². The molecule has 4 heteroatoms. The van der Waals surface area contributed by atoms with Crippen molar-refractivity contribution >= 4 is 17.1 Å². The number of hydrogen-bond acceptors (Lipinski definition) is 3. The van der Waals surface area contributed by atoms with Gasteiger partial charge in [0.2, 0.25) is 0 Å². The molecule has 0 saturated heterocycles. The van der Waals surface area contributed by atoms with Gasteiger partial charge in [0.05, 0.1) is 6.04 Å². The number of rotatable bonds is 3. The van der Waals surface area contributed by atoms with Crippen LogP contribution in [0.5, 0.6) is 0 Å². The highest BCUT2D eigenvalue weighted by Gasteiger charge is 2.26. The summed E-state index contributed by atoms with van der Waals surface area (Å²) in [6.07, 6.45) is 5.55. The van der Waals surface area contributed by atoms with Gasteiger partial charge in [0, 0.05) is 34.9 Å². The van der Waals surface area contributed by atoms with Gasteiger partial charge in [-0.25, -0.2) is 4.98 Å². The van der Waals surface area contributed by atoms with Gasteiger partial charge in [-0.15, -0.1) is 11.3 Å². The Balaban J connectivity index is 2.12. The predicted molar refractivity (Wildman–Crippen MR) is 77.0 cm³/mol. The van der Waals surface area contributed by atoms with Gasteiger partial charge in [-0.05, 0) is 32.3 Å². The third-order valence-electron chi connectivity index (χ3n) is 3.89. The van der Waals surface area contributed by atoms with E-state index in [0.29, 0.717) is 12.2 Å². The van der Waals surface area contributed by atoms with Crippen LogP contribution in [0.2, 0.25) is 0 Å². The highest BCUT2D eigenvalue weighted by molar-refractivity contribution is 7.09. The quantitative estimate of drug-likeness (QED) is 0.854. The largest absolute Gasteiger partial charge is 0.338 e. The third kappa shape index (κ3) is 2.04. The first kappa shape index (κ1) is 12.6. The lowest BCUT2D eigenvalue weighted by Crippen LogP contribution is -2.18. The lowest BCUT2D eigenvalue weighted by Gasteiger charge is -2.22. The van der Waals surface area contributed by atoms with Crippen molar-refractivity contribution in [2.75, 3.05) is 0 Å². The number of thiazole rings is 1. The summed E-state index contributed by atoms with van der Waals surface area (Å²) in [5, 5.41) is 3.16. The Bertz CT molecular complexity index is 598. The maximum absolute atomic E-state index is 12.0. The van der Waals surface area contributed by atoms with Gasteiger partial charge >= 0.3 is 0 Å². The minimum atomic E-state index is 0.273. The van der Waals surface area contributed by atoms with E-state index in [1.165, 1.54) is 11.4 Å². The van der Waals surface area contributed by atoms with Gasteiger partial charge in [0.15, 0.2) is 5.78 Å². The summed E-state index contributed by atoms with van der Waals surface area (Å²) in [4.78, 5) is 16.5. The van der Waals surface area contributed by atoms with Gasteiger partial charge in [-0.1, -0.05) is 6.92 Å². The number of Topliss-reactive ketones (excluding diaryl/α,β-unsaturated/α-hetero) is 1. The lowest BCUT2D eigenvalue weighted by atomic mass is 9.96. The minimum Gasteiger partial charge on any atom is -0.338 e. The van der Waals surface area contributed by atoms with Crippen molar-refractivity contribution in [2.45, 2.75) is 45.6 Å². The highest BCUT2D eigenvalue weighted by atomic mass is 32.1. The smallest absolute Gasteiger partial charge is 0.164 e. The molecule has 19 heavy (non-hydrogen) atoms. The molecule has 100 valence electrons. The maximum atomic E-state index is 12.0. The zero-order chi connectivity index (χ0) is 13.4. The number of aromatic nitrogens is 2. The SMILES string of the molecule is CCC(c1nccs1)n1c(C)cc2c1CCCC2=O. The number of carbonyl (C=O) groups excluding carboxylic acids is 1. The van der Waals surface area contributed by atoms with Crippen molar-refractivity contribution in [1.82, 2.24) is 9.55 Å². The number of nitrogens with zero attached hydrogens (tertiary/aromatic N) is 2. The molecule has 1 aliphatic rings. The molecule has 0 bridgehead atoms. The Labute approximate surface area is 117 Å². The first-order valence-corrected chi connectivity index (χ1v) is 7.73. The van der Waals surface area contributed by atoms with Crippen molar-refractivity contribution in [3.05, 3.63) is 39.6 Å². The zero-order valence-electron chi connectivity index (χ0n) is 11.3. The number of fused-ring (bicyclic) bond motifs is 1. The van der Waals surface area contributed by atoms with Crippen LogP contribution in [0.3, 0.4) is 0 Å². The van der Waals surface area contributed by atoms with E-state index in [1.807, 2.05) is 11.6 Å². The zero-order valence-corrected chi connectivity index (χ0v) is 12.2. The monoisotopic (exact) mass is 274 g/mol. The average molecular weight is 274 g/mol. The van der Waals surface area contributed by atoms with Crippen LogP contribution < -0.4 is 0 Å². The van der Waals surface area contributed by atoms with Crippen molar-refractivity contribution in [2.24, 2.45) is 0 Å². The Hall–Kier alpha value is -1.42. The van der Waals surface area contributed by atoms with E-state index >= 15 is 0 Å². The van der Waals surface area contributed by atoms with Gasteiger partial charge < -0.3 is 4.57 Å². The average Bonchev–Trinajstić information content (AvgIpc) is 3.01. The van der Waals surface area contributed by atoms with Crippen LogP contribution in [-0.4, -0.2) is 15.3 Å². The van der Waals surface area contributed by atoms with Crippen LogP contribution >= 0.6 is 11.3 Å². The van der Waals surface area contributed by atoms with E-state index in [0.717, 1.165) is 29.8 Å². The minimum absolute atomic E-state index is 0.273. The molecule has 2 aromatic rings. The van der Waals surface area contributed by atoms with Crippen molar-refractivity contribution < 1.29 is 4.79 Å². The van der Waals surface area contributed by atoms with Crippen molar-refractivity contribution in [3.8, 4) is 0 Å². The number of ketones is 1. The molecule has 0 N–H and O–H groups in total. The molecule has 2 aromatic heterocycles. The Morgan fingerprint density at radius 3 is 3.00 bits per heavy atom. The third-order valence-corrected chi connectivity index (χ3v) is 4.76. The topological polar surface area (TPSA) is 34.9 Å². The summed E-state index contributed by atoms with van der Waals surface area (Å²) in [7, 11) is 0. The Kier molecular flexibility index (Phi) is 3.27. The van der Waals surface area contributed by atoms with Crippen LogP contribution in [0, 0.1) is 6.92 Å². The van der Waals surface area contributed by atoms with Gasteiger partial charge in [0.1, 0.15) is 5.01 Å². The summed E-state index contributed by atoms with van der Waals surface area (Å²) in [6, 6.07) is 2.34. The molecule has 0 spiro atoms. The second kappa shape index (κ2) is 4.93. The van der Waals surface area contributed by atoms with E-state index in [4.69, 9.17) is 0 Å². The van der Waals surface area contributed by atoms with E-state index in [1.54, 1.807) is 11.3 Å². The summed E-state index contributed by atoms with van der Waals surface area (Å²) >= 11 is 1.70. The van der Waals surface area contributed by atoms with Crippen LogP contribution in [-0.2, 0) is 6.42 Å². The molecule has 0 amide bonds. The number of carbonyl (C=O) groups is 1. The van der Waals surface area contributed by atoms with Crippen LogP contribution in [0.25, 0.3) is 0 Å². The lowest BCUT2D eigenvalue weighted by molar-refractivity contribution is 0.0971. The molecule has 3 nitrogen and oxygen atoms in total. The van der Waals surface area contributed by atoms with Gasteiger partial charge in [-0.3, -0.25) is 4.79 Å². The summed E-state index contributed by atoms with van der Waals surface area (Å²) in [6.45, 7) is 4.28. The molecular weight excluding hydrogens is 256 g/mol. The molecule has 0 fully saturated rings. The number of hydrogen-bond donors (Lipinski definition) is 0. The molecule has 1 unspecified atom stereocenters. The Morgan fingerprint density at radius 2 is 2.32 bits per heavy atom. The summed E-state index contributed by atoms with van der Waals surface area (Å²) < 4.78 is 2.34. The fourth-order valence-corrected chi connectivity index (χ4v) is 3.86. The molecule has 3 rings (SSSR count). The molecule has 0 radical (unpaired) electrons. The van der Waals surface area contributed by atoms with Crippen LogP contribution in [0.15, 0.2) is 17.6 Å². The van der Waals surface area contributed by atoms with Gasteiger partial charge in [0.25, 0.3) is 0 Å². The predicted octanol–water partition coefficient (Wildman–Crippen LogP) is 3.77. The number of aryl methyl sites for hydroxylation is 1. The highest BCUT2D eigenvalue weighted by Crippen LogP contribution is 2.33. The Morgan fingerprint density at radius 1 is 1.47 bits per heavy atom. The molecule has 1 aliphatic carbocycles. The van der Waals surface area contributed by atoms with E-state index in [-0.39, 0.29) is 6.04 Å². The van der Waals surface area contributed by atoms with Crippen LogP contribution in [0.1, 0.15) is 59.0 Å². The molecule has 0 saturated carbocycles. The summed E-state index contributed by atoms with van der Waals surface area (Å²) in [5.41, 5.74) is 3.34. The normalized spacial score (nSPS) is 16.4. The maximum Gasteiger partial charge on any atom is 0.164 e. The first-order chi connectivity index (χ1) is 9.22. The second-order valence-corrected chi connectivity index (χ2v) is 6.01. The van der Waals surface area contributed by atoms with E-state index < -0.39 is 0 Å². The summed E-state index contributed by atoms with van der Waals surface area (Å²) in [5.74, 6) is 0.303. The first-order valence-electron chi connectivity index (χ1n) is 6.85. The molecule has 1 atom stereocenters. The molecule has 2 heterocycles. The van der Waals surface area contributed by atoms with E-state index in [9.17, 15) is 4.79 Å². The fourth-order valence-electron chi connectivity index (χ4n) is 3.05. The standard InChI is InChI=1S/C15H18N2OS/c1-3-12(15-16-7-8-19-15)17-10(2)9-11-13(17)5-4-6-14(11)18/h7-9,12H,3-6H2,1-2H3. The fraction of sp³-hybridized carbons (Fsp3) is 0.467. The van der Waals surface area contributed by atoms with Crippen molar-refractivity contribution in [3.63, 3.8) is 0 Å². The van der Waals surface area contributed by atoms with E-state index in [2.05, 4.69) is 29.5 Å². The van der Waals surface area contributed by atoms with Crippen LogP contribution in [0.4, 0.5) is 0 Å². The van der Waals surface area contributed by atoms with Crippen molar-refractivity contribution in [1.29, 1.82) is 0 Å².